The molecule has 1 saturated carbocycles. The van der Waals surface area contributed by atoms with E-state index in [0.29, 0.717) is 0 Å². The van der Waals surface area contributed by atoms with Crippen LogP contribution in [0.3, 0.4) is 0 Å². The van der Waals surface area contributed by atoms with Crippen LogP contribution in [0.2, 0.25) is 0 Å². The van der Waals surface area contributed by atoms with Crippen LogP contribution in [0.25, 0.3) is 11.1 Å². The molecule has 1 fully saturated rings. The van der Waals surface area contributed by atoms with E-state index in [1.807, 2.05) is 18.2 Å². The Morgan fingerprint density at radius 2 is 1.42 bits per heavy atom. The number of rotatable bonds is 2. The summed E-state index contributed by atoms with van der Waals surface area (Å²) < 4.78 is 0. The van der Waals surface area contributed by atoms with Gasteiger partial charge in [0.25, 0.3) is 0 Å². The van der Waals surface area contributed by atoms with Crippen molar-refractivity contribution in [3.63, 3.8) is 0 Å². The molecule has 0 N–H and O–H groups in total. The van der Waals surface area contributed by atoms with Crippen molar-refractivity contribution >= 4 is 0 Å². The summed E-state index contributed by atoms with van der Waals surface area (Å²) in [5, 5.41) is 9.48. The van der Waals surface area contributed by atoms with E-state index in [1.165, 1.54) is 11.1 Å². The molecule has 1 unspecified atom stereocenters. The van der Waals surface area contributed by atoms with Crippen LogP contribution in [-0.4, -0.2) is 0 Å². The molecular weight excluding hydrogens is 230 g/mol. The topological polar surface area (TPSA) is 23.8 Å². The second-order valence-electron chi connectivity index (χ2n) is 6.02. The van der Waals surface area contributed by atoms with Crippen LogP contribution in [0.15, 0.2) is 54.6 Å². The number of benzene rings is 2. The van der Waals surface area contributed by atoms with E-state index in [4.69, 9.17) is 0 Å². The van der Waals surface area contributed by atoms with Crippen molar-refractivity contribution in [2.24, 2.45) is 5.41 Å². The van der Waals surface area contributed by atoms with E-state index in [1.54, 1.807) is 0 Å². The van der Waals surface area contributed by atoms with Crippen molar-refractivity contribution in [3.05, 3.63) is 60.2 Å². The SMILES string of the molecule is CC1(C)CC1(C#N)c1ccc(-c2ccccc2)cc1. The summed E-state index contributed by atoms with van der Waals surface area (Å²) in [6, 6.07) is 21.3. The third kappa shape index (κ3) is 1.76. The van der Waals surface area contributed by atoms with E-state index in [9.17, 15) is 5.26 Å². The first-order valence-electron chi connectivity index (χ1n) is 6.66. The lowest BCUT2D eigenvalue weighted by Crippen LogP contribution is -2.11. The zero-order chi connectivity index (χ0) is 13.5. The predicted octanol–water partition coefficient (Wildman–Crippen LogP) is 4.54. The molecule has 1 heteroatoms. The van der Waals surface area contributed by atoms with Gasteiger partial charge in [0, 0.05) is 0 Å². The summed E-state index contributed by atoms with van der Waals surface area (Å²) >= 11 is 0. The Kier molecular flexibility index (Phi) is 2.50. The molecule has 19 heavy (non-hydrogen) atoms. The fourth-order valence-corrected chi connectivity index (χ4v) is 2.94. The smallest absolute Gasteiger partial charge is 0.0879 e. The van der Waals surface area contributed by atoms with Crippen LogP contribution in [0, 0.1) is 16.7 Å². The summed E-state index contributed by atoms with van der Waals surface area (Å²) in [5.74, 6) is 0. The molecule has 0 bridgehead atoms. The van der Waals surface area contributed by atoms with Crippen LogP contribution < -0.4 is 0 Å². The normalized spacial score (nSPS) is 23.6. The second kappa shape index (κ2) is 3.96. The minimum Gasteiger partial charge on any atom is -0.197 e. The van der Waals surface area contributed by atoms with Gasteiger partial charge in [0.15, 0.2) is 0 Å². The first-order valence-corrected chi connectivity index (χ1v) is 6.66. The van der Waals surface area contributed by atoms with Crippen LogP contribution in [-0.2, 0) is 5.41 Å². The zero-order valence-electron chi connectivity index (χ0n) is 11.4. The fourth-order valence-electron chi connectivity index (χ4n) is 2.94. The molecule has 0 heterocycles. The van der Waals surface area contributed by atoms with Gasteiger partial charge in [-0.15, -0.1) is 0 Å². The molecule has 0 radical (unpaired) electrons. The number of hydrogen-bond donors (Lipinski definition) is 0. The lowest BCUT2D eigenvalue weighted by atomic mass is 9.88. The highest BCUT2D eigenvalue weighted by Crippen LogP contribution is 2.63. The summed E-state index contributed by atoms with van der Waals surface area (Å²) in [7, 11) is 0. The van der Waals surface area contributed by atoms with Gasteiger partial charge in [0.1, 0.15) is 0 Å². The van der Waals surface area contributed by atoms with Gasteiger partial charge in [0.2, 0.25) is 0 Å². The number of nitrogens with zero attached hydrogens (tertiary/aromatic N) is 1. The molecule has 1 aliphatic rings. The summed E-state index contributed by atoms with van der Waals surface area (Å²) in [6.07, 6.45) is 0.960. The van der Waals surface area contributed by atoms with Crippen molar-refractivity contribution in [1.29, 1.82) is 5.26 Å². The maximum Gasteiger partial charge on any atom is 0.0879 e. The lowest BCUT2D eigenvalue weighted by molar-refractivity contribution is 0.570. The largest absolute Gasteiger partial charge is 0.197 e. The second-order valence-corrected chi connectivity index (χ2v) is 6.02. The molecule has 2 aromatic rings. The maximum absolute atomic E-state index is 9.48. The highest BCUT2D eigenvalue weighted by atomic mass is 14.6. The first-order chi connectivity index (χ1) is 9.09. The third-order valence-electron chi connectivity index (χ3n) is 4.41. The monoisotopic (exact) mass is 247 g/mol. The van der Waals surface area contributed by atoms with Gasteiger partial charge in [-0.3, -0.25) is 0 Å². The van der Waals surface area contributed by atoms with Crippen LogP contribution >= 0.6 is 0 Å². The van der Waals surface area contributed by atoms with Crippen LogP contribution in [0.1, 0.15) is 25.8 Å². The highest BCUT2D eigenvalue weighted by Gasteiger charge is 2.62. The Morgan fingerprint density at radius 3 is 1.89 bits per heavy atom. The average Bonchev–Trinajstić information content (AvgIpc) is 3.03. The van der Waals surface area contributed by atoms with Gasteiger partial charge in [-0.2, -0.15) is 5.26 Å². The molecule has 3 rings (SSSR count). The van der Waals surface area contributed by atoms with E-state index in [-0.39, 0.29) is 10.8 Å². The van der Waals surface area contributed by atoms with Crippen molar-refractivity contribution in [2.45, 2.75) is 25.7 Å². The van der Waals surface area contributed by atoms with Crippen LogP contribution in [0.5, 0.6) is 0 Å². The van der Waals surface area contributed by atoms with Gasteiger partial charge in [0.05, 0.1) is 11.5 Å². The molecule has 0 aliphatic heterocycles. The van der Waals surface area contributed by atoms with E-state index in [2.05, 4.69) is 56.3 Å². The fraction of sp³-hybridized carbons (Fsp3) is 0.278. The van der Waals surface area contributed by atoms with Gasteiger partial charge in [-0.1, -0.05) is 68.4 Å². The molecule has 0 amide bonds. The van der Waals surface area contributed by atoms with E-state index < -0.39 is 0 Å². The summed E-state index contributed by atoms with van der Waals surface area (Å²) in [5.41, 5.74) is 3.41. The van der Waals surface area contributed by atoms with Crippen LogP contribution in [0.4, 0.5) is 0 Å². The van der Waals surface area contributed by atoms with Gasteiger partial charge < -0.3 is 0 Å². The summed E-state index contributed by atoms with van der Waals surface area (Å²) in [4.78, 5) is 0. The molecule has 0 saturated heterocycles. The van der Waals surface area contributed by atoms with Gasteiger partial charge in [-0.05, 0) is 28.5 Å². The Balaban J connectivity index is 1.95. The van der Waals surface area contributed by atoms with E-state index >= 15 is 0 Å². The molecular formula is C18H17N. The maximum atomic E-state index is 9.48. The summed E-state index contributed by atoms with van der Waals surface area (Å²) in [6.45, 7) is 4.34. The van der Waals surface area contributed by atoms with Crippen molar-refractivity contribution in [3.8, 4) is 17.2 Å². The highest BCUT2D eigenvalue weighted by molar-refractivity contribution is 5.64. The molecule has 2 aromatic carbocycles. The van der Waals surface area contributed by atoms with Gasteiger partial charge in [-0.25, -0.2) is 0 Å². The molecule has 1 aliphatic carbocycles. The minimum atomic E-state index is -0.276. The van der Waals surface area contributed by atoms with Gasteiger partial charge >= 0.3 is 0 Å². The van der Waals surface area contributed by atoms with Crippen molar-refractivity contribution in [2.75, 3.05) is 0 Å². The Morgan fingerprint density at radius 1 is 0.895 bits per heavy atom. The zero-order valence-corrected chi connectivity index (χ0v) is 11.4. The lowest BCUT2D eigenvalue weighted by Gasteiger charge is -2.13. The average molecular weight is 247 g/mol. The molecule has 0 spiro atoms. The number of hydrogen-bond acceptors (Lipinski definition) is 1. The van der Waals surface area contributed by atoms with Crippen molar-refractivity contribution < 1.29 is 0 Å². The van der Waals surface area contributed by atoms with E-state index in [0.717, 1.165) is 12.0 Å². The van der Waals surface area contributed by atoms with Crippen molar-refractivity contribution in [1.82, 2.24) is 0 Å². The molecule has 94 valence electrons. The molecule has 1 nitrogen and oxygen atoms in total. The molecule has 0 aromatic heterocycles. The quantitative estimate of drug-likeness (QED) is 0.764. The third-order valence-corrected chi connectivity index (χ3v) is 4.41. The Labute approximate surface area is 114 Å². The first kappa shape index (κ1) is 12.0. The standard InChI is InChI=1S/C18H17N/c1-17(2)12-18(17,13-19)16-10-8-15(9-11-16)14-6-4-3-5-7-14/h3-11H,12H2,1-2H3. The number of nitriles is 1. The minimum absolute atomic E-state index is 0.107. The predicted molar refractivity (Wildman–Crippen MR) is 77.6 cm³/mol. The Hall–Kier alpha value is -2.07. The Bertz CT molecular complexity index is 632. The molecule has 1 atom stereocenters.